The van der Waals surface area contributed by atoms with Gasteiger partial charge in [-0.25, -0.2) is 15.8 Å². The van der Waals surface area contributed by atoms with Crippen LogP contribution in [-0.2, 0) is 4.74 Å². The summed E-state index contributed by atoms with van der Waals surface area (Å²) in [5.74, 6) is 6.20. The number of ether oxygens (including phenoxy) is 1. The van der Waals surface area contributed by atoms with Gasteiger partial charge in [0.15, 0.2) is 5.82 Å². The summed E-state index contributed by atoms with van der Waals surface area (Å²) < 4.78 is 4.80. The van der Waals surface area contributed by atoms with E-state index in [0.717, 1.165) is 5.56 Å². The van der Waals surface area contributed by atoms with Crippen molar-refractivity contribution in [3.63, 3.8) is 0 Å². The molecule has 0 radical (unpaired) electrons. The Bertz CT molecular complexity index is 316. The van der Waals surface area contributed by atoms with Crippen molar-refractivity contribution in [2.24, 2.45) is 5.84 Å². The molecule has 4 nitrogen and oxygen atoms in total. The number of methoxy groups -OCH3 is 1. The first kappa shape index (κ1) is 9.88. The largest absolute Gasteiger partial charge is 0.473 e. The van der Waals surface area contributed by atoms with Crippen molar-refractivity contribution in [2.45, 2.75) is 6.92 Å². The molecule has 0 fully saturated rings. The maximum Gasteiger partial charge on any atom is 0.279 e. The van der Waals surface area contributed by atoms with Crippen LogP contribution in [0.2, 0.25) is 0 Å². The molecule has 0 aliphatic heterocycles. The third-order valence-electron chi connectivity index (χ3n) is 1.52. The van der Waals surface area contributed by atoms with Crippen LogP contribution in [0, 0.1) is 6.92 Å². The van der Waals surface area contributed by atoms with Crippen molar-refractivity contribution in [3.8, 4) is 0 Å². The highest BCUT2D eigenvalue weighted by atomic mass is 32.1. The van der Waals surface area contributed by atoms with Gasteiger partial charge < -0.3 is 4.74 Å². The highest BCUT2D eigenvalue weighted by Gasteiger charge is 2.08. The Morgan fingerprint density at radius 1 is 1.69 bits per heavy atom. The number of aromatic nitrogens is 1. The van der Waals surface area contributed by atoms with Crippen LogP contribution in [0.1, 0.15) is 5.56 Å². The van der Waals surface area contributed by atoms with Crippen molar-refractivity contribution in [2.75, 3.05) is 12.1 Å². The maximum atomic E-state index is 5.62. The highest BCUT2D eigenvalue weighted by Crippen LogP contribution is 2.09. The zero-order chi connectivity index (χ0) is 9.84. The number of nitrogens with two attached hydrogens (primary N) is 1. The van der Waals surface area contributed by atoms with Gasteiger partial charge in [0.25, 0.3) is 5.17 Å². The molecule has 70 valence electrons. The SMILES string of the molecule is COC(=S)N(N)c1cc(C)ccn1. The molecule has 13 heavy (non-hydrogen) atoms. The van der Waals surface area contributed by atoms with Gasteiger partial charge in [-0.05, 0) is 36.8 Å². The molecule has 0 amide bonds. The fourth-order valence-electron chi connectivity index (χ4n) is 0.844. The maximum absolute atomic E-state index is 5.62. The Hall–Kier alpha value is -1.20. The van der Waals surface area contributed by atoms with Crippen LogP contribution >= 0.6 is 12.2 Å². The van der Waals surface area contributed by atoms with Gasteiger partial charge in [-0.3, -0.25) is 0 Å². The first-order valence-corrected chi connectivity index (χ1v) is 4.11. The normalized spacial score (nSPS) is 9.46. The van der Waals surface area contributed by atoms with Gasteiger partial charge in [0.2, 0.25) is 0 Å². The number of aryl methyl sites for hydroxylation is 1. The quantitative estimate of drug-likeness (QED) is 0.413. The first-order valence-electron chi connectivity index (χ1n) is 3.70. The van der Waals surface area contributed by atoms with Crippen LogP contribution in [0.25, 0.3) is 0 Å². The molecular formula is C8H11N3OS. The summed E-state index contributed by atoms with van der Waals surface area (Å²) in [5, 5.41) is 1.42. The minimum absolute atomic E-state index is 0.193. The summed E-state index contributed by atoms with van der Waals surface area (Å²) in [6, 6.07) is 3.71. The van der Waals surface area contributed by atoms with Gasteiger partial charge in [-0.1, -0.05) is 0 Å². The molecule has 2 N–H and O–H groups in total. The molecule has 1 aromatic rings. The second kappa shape index (κ2) is 4.15. The second-order valence-electron chi connectivity index (χ2n) is 2.53. The Morgan fingerprint density at radius 2 is 2.38 bits per heavy atom. The lowest BCUT2D eigenvalue weighted by atomic mass is 10.3. The second-order valence-corrected chi connectivity index (χ2v) is 2.88. The molecule has 5 heteroatoms. The van der Waals surface area contributed by atoms with Crippen LogP contribution in [-0.4, -0.2) is 17.3 Å². The molecule has 1 heterocycles. The highest BCUT2D eigenvalue weighted by molar-refractivity contribution is 7.80. The van der Waals surface area contributed by atoms with Gasteiger partial charge in [0.05, 0.1) is 7.11 Å². The minimum Gasteiger partial charge on any atom is -0.473 e. The summed E-state index contributed by atoms with van der Waals surface area (Å²) in [4.78, 5) is 4.04. The lowest BCUT2D eigenvalue weighted by Gasteiger charge is -2.16. The molecule has 0 spiro atoms. The molecule has 0 bridgehead atoms. The Labute approximate surface area is 82.3 Å². The number of nitrogens with zero attached hydrogens (tertiary/aromatic N) is 2. The molecule has 0 aliphatic carbocycles. The van der Waals surface area contributed by atoms with Crippen LogP contribution in [0.4, 0.5) is 5.82 Å². The summed E-state index contributed by atoms with van der Waals surface area (Å²) in [7, 11) is 1.47. The Morgan fingerprint density at radius 3 is 2.92 bits per heavy atom. The van der Waals surface area contributed by atoms with E-state index in [4.69, 9.17) is 22.8 Å². The predicted octanol–water partition coefficient (Wildman–Crippen LogP) is 1.00. The number of hydrogen-bond acceptors (Lipinski definition) is 4. The van der Waals surface area contributed by atoms with Gasteiger partial charge in [-0.15, -0.1) is 0 Å². The number of hydrazine groups is 1. The van der Waals surface area contributed by atoms with E-state index in [0.29, 0.717) is 5.82 Å². The molecule has 0 aliphatic rings. The molecular weight excluding hydrogens is 186 g/mol. The van der Waals surface area contributed by atoms with E-state index in [1.54, 1.807) is 6.20 Å². The van der Waals surface area contributed by atoms with Crippen LogP contribution in [0.5, 0.6) is 0 Å². The lowest BCUT2D eigenvalue weighted by Crippen LogP contribution is -2.37. The number of pyridine rings is 1. The van der Waals surface area contributed by atoms with Gasteiger partial charge in [0, 0.05) is 6.20 Å². The van der Waals surface area contributed by atoms with Crippen molar-refractivity contribution in [1.82, 2.24) is 4.98 Å². The first-order chi connectivity index (χ1) is 6.15. The third kappa shape index (κ3) is 2.37. The van der Waals surface area contributed by atoms with Crippen LogP contribution < -0.4 is 10.9 Å². The fourth-order valence-corrected chi connectivity index (χ4v) is 0.937. The third-order valence-corrected chi connectivity index (χ3v) is 1.88. The van der Waals surface area contributed by atoms with Crippen molar-refractivity contribution < 1.29 is 4.74 Å². The summed E-state index contributed by atoms with van der Waals surface area (Å²) in [6.07, 6.45) is 1.67. The standard InChI is InChI=1S/C8H11N3OS/c1-6-3-4-10-7(5-6)11(9)8(13)12-2/h3-5H,9H2,1-2H3. The number of rotatable bonds is 1. The average Bonchev–Trinajstić information content (AvgIpc) is 2.15. The molecule has 0 aromatic carbocycles. The number of anilines is 1. The van der Waals surface area contributed by atoms with Crippen molar-refractivity contribution >= 4 is 23.2 Å². The topological polar surface area (TPSA) is 51.4 Å². The van der Waals surface area contributed by atoms with E-state index in [1.165, 1.54) is 12.1 Å². The van der Waals surface area contributed by atoms with E-state index in [-0.39, 0.29) is 5.17 Å². The molecule has 1 rings (SSSR count). The van der Waals surface area contributed by atoms with Crippen LogP contribution in [0.3, 0.4) is 0 Å². The Balaban J connectivity index is 2.88. The fraction of sp³-hybridized carbons (Fsp3) is 0.250. The van der Waals surface area contributed by atoms with Gasteiger partial charge in [0.1, 0.15) is 0 Å². The summed E-state index contributed by atoms with van der Waals surface area (Å²) in [5.41, 5.74) is 1.07. The predicted molar refractivity (Wildman–Crippen MR) is 55.2 cm³/mol. The molecule has 0 saturated heterocycles. The van der Waals surface area contributed by atoms with E-state index in [9.17, 15) is 0 Å². The van der Waals surface area contributed by atoms with Crippen molar-refractivity contribution in [1.29, 1.82) is 0 Å². The van der Waals surface area contributed by atoms with E-state index >= 15 is 0 Å². The minimum atomic E-state index is 0.193. The zero-order valence-electron chi connectivity index (χ0n) is 7.52. The average molecular weight is 197 g/mol. The smallest absolute Gasteiger partial charge is 0.279 e. The lowest BCUT2D eigenvalue weighted by molar-refractivity contribution is 0.403. The van der Waals surface area contributed by atoms with E-state index in [1.807, 2.05) is 19.1 Å². The number of hydrogen-bond donors (Lipinski definition) is 1. The molecule has 0 saturated carbocycles. The summed E-state index contributed by atoms with van der Waals surface area (Å²) >= 11 is 4.84. The Kier molecular flexibility index (Phi) is 3.16. The zero-order valence-corrected chi connectivity index (χ0v) is 8.34. The summed E-state index contributed by atoms with van der Waals surface area (Å²) in [6.45, 7) is 1.95. The van der Waals surface area contributed by atoms with E-state index < -0.39 is 0 Å². The molecule has 0 unspecified atom stereocenters. The van der Waals surface area contributed by atoms with E-state index in [2.05, 4.69) is 4.98 Å². The number of thiocarbonyl (C=S) groups is 1. The van der Waals surface area contributed by atoms with Crippen LogP contribution in [0.15, 0.2) is 18.3 Å². The monoisotopic (exact) mass is 197 g/mol. The molecule has 0 atom stereocenters. The molecule has 1 aromatic heterocycles. The van der Waals surface area contributed by atoms with Crippen molar-refractivity contribution in [3.05, 3.63) is 23.9 Å². The van der Waals surface area contributed by atoms with Gasteiger partial charge in [-0.2, -0.15) is 0 Å². The van der Waals surface area contributed by atoms with Gasteiger partial charge >= 0.3 is 0 Å².